The van der Waals surface area contributed by atoms with Gasteiger partial charge >= 0.3 is 12.0 Å². The van der Waals surface area contributed by atoms with Crippen molar-refractivity contribution in [2.24, 2.45) is 0 Å². The molecule has 0 heterocycles. The number of hydrogen-bond donors (Lipinski definition) is 4. The molecule has 2 amide bonds. The number of carbonyl (C=O) groups excluding carboxylic acids is 1. The Bertz CT molecular complexity index is 515. The fourth-order valence-electron chi connectivity index (χ4n) is 1.52. The largest absolute Gasteiger partial charge is 0.506 e. The third-order valence-corrected chi connectivity index (χ3v) is 2.49. The van der Waals surface area contributed by atoms with Crippen LogP contribution in [-0.4, -0.2) is 51.9 Å². The summed E-state index contributed by atoms with van der Waals surface area (Å²) in [6.07, 6.45) is 1.50. The van der Waals surface area contributed by atoms with E-state index in [1.54, 1.807) is 0 Å². The lowest BCUT2D eigenvalue weighted by Crippen LogP contribution is -2.37. The zero-order valence-electron chi connectivity index (χ0n) is 10.7. The van der Waals surface area contributed by atoms with E-state index in [0.29, 0.717) is 0 Å². The third-order valence-electron chi connectivity index (χ3n) is 2.49. The summed E-state index contributed by atoms with van der Waals surface area (Å²) < 4.78 is 0. The summed E-state index contributed by atoms with van der Waals surface area (Å²) in [7, 11) is 0. The monoisotopic (exact) mass is 280 g/mol. The van der Waals surface area contributed by atoms with Gasteiger partial charge in [-0.05, 0) is 18.2 Å². The first-order chi connectivity index (χ1) is 9.49. The first-order valence-electron chi connectivity index (χ1n) is 5.83. The minimum absolute atomic E-state index is 0.0844. The lowest BCUT2D eigenvalue weighted by molar-refractivity contribution is 0.0696. The molecule has 4 N–H and O–H groups in total. The van der Waals surface area contributed by atoms with Crippen LogP contribution >= 0.6 is 0 Å². The topological polar surface area (TPSA) is 110 Å². The lowest BCUT2D eigenvalue weighted by Gasteiger charge is -2.20. The van der Waals surface area contributed by atoms with Gasteiger partial charge in [-0.25, -0.2) is 9.59 Å². The molecule has 0 fully saturated rings. The average Bonchev–Trinajstić information content (AvgIpc) is 2.40. The van der Waals surface area contributed by atoms with Crippen molar-refractivity contribution in [3.8, 4) is 5.75 Å². The van der Waals surface area contributed by atoms with Crippen LogP contribution in [0.5, 0.6) is 5.75 Å². The summed E-state index contributed by atoms with van der Waals surface area (Å²) in [5, 5.41) is 29.7. The highest BCUT2D eigenvalue weighted by Crippen LogP contribution is 2.24. The van der Waals surface area contributed by atoms with Crippen LogP contribution < -0.4 is 5.32 Å². The van der Waals surface area contributed by atoms with E-state index in [9.17, 15) is 14.7 Å². The van der Waals surface area contributed by atoms with Gasteiger partial charge in [0.2, 0.25) is 0 Å². The van der Waals surface area contributed by atoms with E-state index in [-0.39, 0.29) is 36.7 Å². The fourth-order valence-corrected chi connectivity index (χ4v) is 1.52. The second-order valence-electron chi connectivity index (χ2n) is 3.93. The predicted molar refractivity (Wildman–Crippen MR) is 72.9 cm³/mol. The average molecular weight is 280 g/mol. The lowest BCUT2D eigenvalue weighted by atomic mass is 10.2. The van der Waals surface area contributed by atoms with Crippen molar-refractivity contribution in [3.05, 3.63) is 36.4 Å². The zero-order valence-corrected chi connectivity index (χ0v) is 10.7. The van der Waals surface area contributed by atoms with Crippen LogP contribution in [0.3, 0.4) is 0 Å². The molecule has 0 bridgehead atoms. The highest BCUT2D eigenvalue weighted by molar-refractivity contribution is 5.93. The summed E-state index contributed by atoms with van der Waals surface area (Å²) in [6.45, 7) is 3.65. The predicted octanol–water partition coefficient (Wildman–Crippen LogP) is 1.10. The number of carboxylic acid groups (broad SMARTS) is 1. The molecule has 7 heteroatoms. The van der Waals surface area contributed by atoms with Gasteiger partial charge in [0.05, 0.1) is 17.9 Å². The number of nitrogens with one attached hydrogen (secondary N) is 1. The van der Waals surface area contributed by atoms with Crippen LogP contribution in [0.15, 0.2) is 30.9 Å². The van der Waals surface area contributed by atoms with Gasteiger partial charge in [0.25, 0.3) is 0 Å². The Labute approximate surface area is 115 Å². The molecule has 1 aromatic carbocycles. The Morgan fingerprint density at radius 1 is 1.40 bits per heavy atom. The molecule has 1 rings (SSSR count). The maximum atomic E-state index is 11.9. The Balaban J connectivity index is 2.83. The minimum atomic E-state index is -1.17. The van der Waals surface area contributed by atoms with E-state index >= 15 is 0 Å². The van der Waals surface area contributed by atoms with Crippen LogP contribution in [0.1, 0.15) is 10.4 Å². The van der Waals surface area contributed by atoms with Crippen molar-refractivity contribution < 1.29 is 24.9 Å². The van der Waals surface area contributed by atoms with Crippen LogP contribution in [0.25, 0.3) is 0 Å². The van der Waals surface area contributed by atoms with Gasteiger partial charge in [0.1, 0.15) is 5.75 Å². The number of urea groups is 1. The number of anilines is 1. The number of carbonyl (C=O) groups is 2. The Kier molecular flexibility index (Phi) is 5.55. The number of aliphatic hydroxyl groups is 1. The molecular weight excluding hydrogens is 264 g/mol. The molecule has 0 aliphatic rings. The number of hydrogen-bond acceptors (Lipinski definition) is 4. The molecule has 0 spiro atoms. The van der Waals surface area contributed by atoms with Crippen molar-refractivity contribution in [2.75, 3.05) is 25.0 Å². The van der Waals surface area contributed by atoms with E-state index in [2.05, 4.69) is 11.9 Å². The molecule has 0 saturated carbocycles. The van der Waals surface area contributed by atoms with Crippen LogP contribution in [0.4, 0.5) is 10.5 Å². The molecule has 1 aromatic rings. The number of amides is 2. The number of nitrogens with zero attached hydrogens (tertiary/aromatic N) is 1. The smallest absolute Gasteiger partial charge is 0.335 e. The van der Waals surface area contributed by atoms with Crippen LogP contribution in [0.2, 0.25) is 0 Å². The van der Waals surface area contributed by atoms with E-state index in [4.69, 9.17) is 10.2 Å². The first-order valence-corrected chi connectivity index (χ1v) is 5.83. The summed E-state index contributed by atoms with van der Waals surface area (Å²) >= 11 is 0. The van der Waals surface area contributed by atoms with Crippen LogP contribution in [0, 0.1) is 0 Å². The van der Waals surface area contributed by atoms with Crippen molar-refractivity contribution in [1.29, 1.82) is 0 Å². The number of aromatic carboxylic acids is 1. The molecule has 20 heavy (non-hydrogen) atoms. The van der Waals surface area contributed by atoms with E-state index in [0.717, 1.165) is 6.07 Å². The molecule has 0 atom stereocenters. The van der Waals surface area contributed by atoms with Crippen LogP contribution in [-0.2, 0) is 0 Å². The zero-order chi connectivity index (χ0) is 15.1. The number of benzene rings is 1. The fraction of sp³-hybridized carbons (Fsp3) is 0.231. The Morgan fingerprint density at radius 2 is 2.10 bits per heavy atom. The summed E-state index contributed by atoms with van der Waals surface area (Å²) in [5.41, 5.74) is 0.00538. The summed E-state index contributed by atoms with van der Waals surface area (Å²) in [6, 6.07) is 3.07. The SMILES string of the molecule is C=CCN(CCO)C(=O)Nc1ccc(C(=O)O)cc1O. The Hall–Kier alpha value is -2.54. The molecule has 7 nitrogen and oxygen atoms in total. The maximum absolute atomic E-state index is 11.9. The van der Waals surface area contributed by atoms with Gasteiger partial charge in [-0.3, -0.25) is 0 Å². The number of aromatic hydroxyl groups is 1. The van der Waals surface area contributed by atoms with Crippen molar-refractivity contribution in [3.63, 3.8) is 0 Å². The normalized spacial score (nSPS) is 9.85. The first kappa shape index (κ1) is 15.5. The highest BCUT2D eigenvalue weighted by atomic mass is 16.4. The highest BCUT2D eigenvalue weighted by Gasteiger charge is 2.14. The van der Waals surface area contributed by atoms with E-state index in [1.807, 2.05) is 0 Å². The minimum Gasteiger partial charge on any atom is -0.506 e. The van der Waals surface area contributed by atoms with Gasteiger partial charge in [-0.1, -0.05) is 6.08 Å². The molecule has 0 saturated heterocycles. The maximum Gasteiger partial charge on any atom is 0.335 e. The van der Waals surface area contributed by atoms with Crippen molar-refractivity contribution in [1.82, 2.24) is 4.90 Å². The second kappa shape index (κ2) is 7.15. The van der Waals surface area contributed by atoms with Gasteiger partial charge in [-0.15, -0.1) is 6.58 Å². The summed E-state index contributed by atoms with van der Waals surface area (Å²) in [5.74, 6) is -1.52. The Morgan fingerprint density at radius 3 is 2.60 bits per heavy atom. The van der Waals surface area contributed by atoms with E-state index in [1.165, 1.54) is 23.1 Å². The van der Waals surface area contributed by atoms with Gasteiger partial charge < -0.3 is 25.5 Å². The molecule has 0 radical (unpaired) electrons. The van der Waals surface area contributed by atoms with Gasteiger partial charge in [0.15, 0.2) is 0 Å². The number of aliphatic hydroxyl groups excluding tert-OH is 1. The van der Waals surface area contributed by atoms with Crippen molar-refractivity contribution >= 4 is 17.7 Å². The molecule has 0 unspecified atom stereocenters. The number of carboxylic acids is 1. The number of phenols is 1. The molecule has 0 aromatic heterocycles. The molecule has 0 aliphatic heterocycles. The van der Waals surface area contributed by atoms with Gasteiger partial charge in [0, 0.05) is 13.1 Å². The van der Waals surface area contributed by atoms with E-state index < -0.39 is 12.0 Å². The quantitative estimate of drug-likeness (QED) is 0.461. The third kappa shape index (κ3) is 3.99. The molecular formula is C13H16N2O5. The van der Waals surface area contributed by atoms with Gasteiger partial charge in [-0.2, -0.15) is 0 Å². The van der Waals surface area contributed by atoms with Crippen molar-refractivity contribution in [2.45, 2.75) is 0 Å². The molecule has 108 valence electrons. The standard InChI is InChI=1S/C13H16N2O5/c1-2-5-15(6-7-16)13(20)14-10-4-3-9(12(18)19)8-11(10)17/h2-4,8,16-17H,1,5-7H2,(H,14,20)(H,18,19). The second-order valence-corrected chi connectivity index (χ2v) is 3.93. The summed E-state index contributed by atoms with van der Waals surface area (Å²) in [4.78, 5) is 23.9. The number of rotatable bonds is 6. The molecule has 0 aliphatic carbocycles. The number of phenolic OH excluding ortho intramolecular Hbond substituents is 1.